The number of hydrogen-bond acceptors (Lipinski definition) is 3. The number of esters is 1. The van der Waals surface area contributed by atoms with Crippen LogP contribution in [0.3, 0.4) is 0 Å². The van der Waals surface area contributed by atoms with Gasteiger partial charge in [0.2, 0.25) is 0 Å². The summed E-state index contributed by atoms with van der Waals surface area (Å²) in [5.41, 5.74) is 0.953. The second kappa shape index (κ2) is 6.38. The van der Waals surface area contributed by atoms with Gasteiger partial charge in [-0.2, -0.15) is 0 Å². The van der Waals surface area contributed by atoms with Crippen LogP contribution in [0.1, 0.15) is 17.4 Å². The average Bonchev–Trinajstić information content (AvgIpc) is 2.95. The van der Waals surface area contributed by atoms with Crippen LogP contribution in [0.4, 0.5) is 5.69 Å². The third-order valence-electron chi connectivity index (χ3n) is 2.58. The second-order valence-corrected chi connectivity index (χ2v) is 5.04. The highest BCUT2D eigenvalue weighted by atomic mass is 79.9. The molecule has 1 unspecified atom stereocenters. The Balaban J connectivity index is 1.92. The highest BCUT2D eigenvalue weighted by Gasteiger charge is 2.19. The van der Waals surface area contributed by atoms with Crippen LogP contribution in [-0.2, 0) is 9.53 Å². The molecule has 0 bridgehead atoms. The molecule has 2 rings (SSSR count). The monoisotopic (exact) mass is 336 g/mol. The van der Waals surface area contributed by atoms with Crippen LogP contribution in [0.15, 0.2) is 47.1 Å². The number of ether oxygens (including phenoxy) is 1. The molecule has 1 amide bonds. The first kappa shape index (κ1) is 14.3. The predicted octanol–water partition coefficient (Wildman–Crippen LogP) is 2.96. The first-order chi connectivity index (χ1) is 9.56. The molecule has 0 aliphatic heterocycles. The van der Waals surface area contributed by atoms with E-state index in [0.29, 0.717) is 11.4 Å². The molecule has 1 heterocycles. The van der Waals surface area contributed by atoms with Crippen LogP contribution in [0.5, 0.6) is 0 Å². The lowest BCUT2D eigenvalue weighted by molar-refractivity contribution is -0.123. The lowest BCUT2D eigenvalue weighted by atomic mass is 10.3. The van der Waals surface area contributed by atoms with E-state index >= 15 is 0 Å². The minimum atomic E-state index is -0.880. The number of carbonyl (C=O) groups excluding carboxylic acids is 2. The van der Waals surface area contributed by atoms with Crippen LogP contribution < -0.4 is 5.32 Å². The van der Waals surface area contributed by atoms with Gasteiger partial charge >= 0.3 is 5.97 Å². The minimum absolute atomic E-state index is 0.313. The molecule has 1 aromatic carbocycles. The number of carbonyl (C=O) groups is 2. The van der Waals surface area contributed by atoms with Gasteiger partial charge in [-0.3, -0.25) is 4.79 Å². The van der Waals surface area contributed by atoms with Crippen molar-refractivity contribution in [2.45, 2.75) is 13.0 Å². The summed E-state index contributed by atoms with van der Waals surface area (Å²) in [6.07, 6.45) is 0.734. The van der Waals surface area contributed by atoms with Crippen molar-refractivity contribution in [2.24, 2.45) is 0 Å². The molecule has 1 atom stereocenters. The fraction of sp³-hybridized carbons (Fsp3) is 0.143. The molecular formula is C14H13BrN2O3. The maximum Gasteiger partial charge on any atom is 0.355 e. The summed E-state index contributed by atoms with van der Waals surface area (Å²) in [5.74, 6) is -0.944. The number of aromatic nitrogens is 1. The van der Waals surface area contributed by atoms with Crippen LogP contribution in [-0.4, -0.2) is 23.0 Å². The first-order valence-corrected chi connectivity index (χ1v) is 6.76. The van der Waals surface area contributed by atoms with Crippen molar-refractivity contribution in [1.29, 1.82) is 0 Å². The van der Waals surface area contributed by atoms with Crippen molar-refractivity contribution < 1.29 is 14.3 Å². The number of halogens is 1. The third kappa shape index (κ3) is 3.71. The smallest absolute Gasteiger partial charge is 0.355 e. The number of benzene rings is 1. The first-order valence-electron chi connectivity index (χ1n) is 5.97. The van der Waals surface area contributed by atoms with Crippen LogP contribution >= 0.6 is 15.9 Å². The maximum absolute atomic E-state index is 11.9. The molecule has 2 N–H and O–H groups in total. The Labute approximate surface area is 124 Å². The fourth-order valence-corrected chi connectivity index (χ4v) is 1.78. The number of nitrogens with one attached hydrogen (secondary N) is 2. The Bertz CT molecular complexity index is 593. The van der Waals surface area contributed by atoms with Gasteiger partial charge in [-0.1, -0.05) is 15.9 Å². The molecule has 0 saturated carbocycles. The van der Waals surface area contributed by atoms with E-state index in [1.165, 1.54) is 6.92 Å². The maximum atomic E-state index is 11.9. The Kier molecular flexibility index (Phi) is 4.57. The van der Waals surface area contributed by atoms with Gasteiger partial charge < -0.3 is 15.0 Å². The van der Waals surface area contributed by atoms with Crippen molar-refractivity contribution in [3.05, 3.63) is 52.8 Å². The van der Waals surface area contributed by atoms with Gasteiger partial charge in [0, 0.05) is 16.4 Å². The van der Waals surface area contributed by atoms with Gasteiger partial charge in [0.1, 0.15) is 5.69 Å². The van der Waals surface area contributed by atoms with Gasteiger partial charge in [0.05, 0.1) is 0 Å². The normalized spacial score (nSPS) is 11.7. The van der Waals surface area contributed by atoms with Crippen molar-refractivity contribution in [3.63, 3.8) is 0 Å². The number of anilines is 1. The Morgan fingerprint density at radius 3 is 2.55 bits per heavy atom. The molecule has 20 heavy (non-hydrogen) atoms. The van der Waals surface area contributed by atoms with Crippen molar-refractivity contribution >= 4 is 33.5 Å². The molecule has 5 nitrogen and oxygen atoms in total. The zero-order chi connectivity index (χ0) is 14.5. The van der Waals surface area contributed by atoms with Crippen LogP contribution in [0.25, 0.3) is 0 Å². The van der Waals surface area contributed by atoms with E-state index in [9.17, 15) is 9.59 Å². The molecular weight excluding hydrogens is 324 g/mol. The molecule has 1 aromatic heterocycles. The van der Waals surface area contributed by atoms with Crippen LogP contribution in [0.2, 0.25) is 0 Å². The highest BCUT2D eigenvalue weighted by Crippen LogP contribution is 2.14. The minimum Gasteiger partial charge on any atom is -0.448 e. The van der Waals surface area contributed by atoms with Crippen molar-refractivity contribution in [2.75, 3.05) is 5.32 Å². The predicted molar refractivity (Wildman–Crippen MR) is 78.4 cm³/mol. The van der Waals surface area contributed by atoms with Gasteiger partial charge in [0.15, 0.2) is 6.10 Å². The lowest BCUT2D eigenvalue weighted by Crippen LogP contribution is -2.30. The van der Waals surface area contributed by atoms with Crippen molar-refractivity contribution in [1.82, 2.24) is 4.98 Å². The van der Waals surface area contributed by atoms with Gasteiger partial charge in [0.25, 0.3) is 5.91 Å². The van der Waals surface area contributed by atoms with Crippen molar-refractivity contribution in [3.8, 4) is 0 Å². The summed E-state index contributed by atoms with van der Waals surface area (Å²) in [5, 5.41) is 2.67. The van der Waals surface area contributed by atoms with E-state index in [2.05, 4.69) is 26.2 Å². The number of aromatic amines is 1. The fourth-order valence-electron chi connectivity index (χ4n) is 1.51. The molecule has 0 spiro atoms. The quantitative estimate of drug-likeness (QED) is 0.843. The Morgan fingerprint density at radius 1 is 1.25 bits per heavy atom. The summed E-state index contributed by atoms with van der Waals surface area (Å²) < 4.78 is 5.98. The standard InChI is InChI=1S/C14H13BrN2O3/c1-9(20-14(19)12-3-2-8-16-12)13(18)17-11-6-4-10(15)5-7-11/h2-9,16H,1H3,(H,17,18). The summed E-state index contributed by atoms with van der Waals surface area (Å²) in [6.45, 7) is 1.52. The molecule has 0 saturated heterocycles. The van der Waals surface area contributed by atoms with E-state index in [1.54, 1.807) is 30.5 Å². The van der Waals surface area contributed by atoms with Crippen LogP contribution in [0, 0.1) is 0 Å². The Morgan fingerprint density at radius 2 is 1.95 bits per heavy atom. The molecule has 6 heteroatoms. The molecule has 0 fully saturated rings. The van der Waals surface area contributed by atoms with Gasteiger partial charge in [-0.25, -0.2) is 4.79 Å². The lowest BCUT2D eigenvalue weighted by Gasteiger charge is -2.13. The zero-order valence-corrected chi connectivity index (χ0v) is 12.3. The second-order valence-electron chi connectivity index (χ2n) is 4.13. The molecule has 0 aliphatic carbocycles. The molecule has 0 aliphatic rings. The number of H-pyrrole nitrogens is 1. The summed E-state index contributed by atoms with van der Waals surface area (Å²) in [4.78, 5) is 26.3. The summed E-state index contributed by atoms with van der Waals surface area (Å²) >= 11 is 3.31. The third-order valence-corrected chi connectivity index (χ3v) is 3.11. The number of rotatable bonds is 4. The summed E-state index contributed by atoms with van der Waals surface area (Å²) in [6, 6.07) is 10.4. The SMILES string of the molecule is CC(OC(=O)c1ccc[nH]1)C(=O)Nc1ccc(Br)cc1. The largest absolute Gasteiger partial charge is 0.448 e. The van der Waals surface area contributed by atoms with Gasteiger partial charge in [-0.15, -0.1) is 0 Å². The summed E-state index contributed by atoms with van der Waals surface area (Å²) in [7, 11) is 0. The molecule has 104 valence electrons. The molecule has 0 radical (unpaired) electrons. The van der Waals surface area contributed by atoms with E-state index in [-0.39, 0.29) is 5.91 Å². The van der Waals surface area contributed by atoms with E-state index < -0.39 is 12.1 Å². The zero-order valence-electron chi connectivity index (χ0n) is 10.7. The average molecular weight is 337 g/mol. The number of hydrogen-bond donors (Lipinski definition) is 2. The number of amides is 1. The van der Waals surface area contributed by atoms with Gasteiger partial charge in [-0.05, 0) is 43.3 Å². The highest BCUT2D eigenvalue weighted by molar-refractivity contribution is 9.10. The Hall–Kier alpha value is -2.08. The topological polar surface area (TPSA) is 71.2 Å². The van der Waals surface area contributed by atoms with E-state index in [0.717, 1.165) is 4.47 Å². The van der Waals surface area contributed by atoms with E-state index in [1.807, 2.05) is 12.1 Å². The molecule has 2 aromatic rings. The van der Waals surface area contributed by atoms with E-state index in [4.69, 9.17) is 4.74 Å².